The topological polar surface area (TPSA) is 54.4 Å². The molecular weight excluding hydrogens is 585 g/mol. The third-order valence-corrected chi connectivity index (χ3v) is 10.8. The maximum Gasteiger partial charge on any atom is 0.185 e. The average molecular weight is 649 g/mol. The van der Waals surface area contributed by atoms with E-state index in [1.165, 1.54) is 27.9 Å². The van der Waals surface area contributed by atoms with E-state index in [2.05, 4.69) is 78.0 Å². The summed E-state index contributed by atoms with van der Waals surface area (Å²) < 4.78 is 27.5. The summed E-state index contributed by atoms with van der Waals surface area (Å²) in [5.74, 6) is 0. The molecule has 0 aliphatic rings. The van der Waals surface area contributed by atoms with Crippen LogP contribution < -0.4 is 0 Å². The maximum atomic E-state index is 13.8. The molecule has 1 aromatic carbocycles. The van der Waals surface area contributed by atoms with Crippen molar-refractivity contribution in [1.29, 1.82) is 0 Å². The molecule has 46 heavy (non-hydrogen) atoms. The molecule has 0 amide bonds. The van der Waals surface area contributed by atoms with Crippen LogP contribution in [0.1, 0.15) is 132 Å². The Labute approximate surface area is 283 Å². The summed E-state index contributed by atoms with van der Waals surface area (Å²) in [6.45, 7) is 19.1. The molecule has 4 heteroatoms. The maximum absolute atomic E-state index is 13.8. The standard InChI is InChI=1S/C42H64O3S/c1-33(2)15-10-16-34(3)17-11-18-35(4)19-12-20-36(5)21-13-22-37(6)27-30-42(40(9)24-14-23-38(7)31-32-43)46(44,45)41-28-25-39(8)26-29-41/h15,17,19,21,24-29,31,42-43H,10-14,16,18,20,22-23,30,32H2,1-9H3/b34-17?,35-19?,36-21+,37-27+,38-31+,40-24?. The van der Waals surface area contributed by atoms with E-state index in [-0.39, 0.29) is 6.61 Å². The summed E-state index contributed by atoms with van der Waals surface area (Å²) in [5, 5.41) is 8.54. The third kappa shape index (κ3) is 17.9. The lowest BCUT2D eigenvalue weighted by Gasteiger charge is -2.18. The second-order valence-corrected chi connectivity index (χ2v) is 15.6. The summed E-state index contributed by atoms with van der Waals surface area (Å²) in [6, 6.07) is 7.19. The lowest BCUT2D eigenvalue weighted by Crippen LogP contribution is -2.22. The molecule has 0 spiro atoms. The van der Waals surface area contributed by atoms with Crippen molar-refractivity contribution in [3.05, 3.63) is 111 Å². The Bertz CT molecular complexity index is 1370. The minimum Gasteiger partial charge on any atom is -0.392 e. The zero-order valence-electron chi connectivity index (χ0n) is 30.6. The molecule has 0 aromatic heterocycles. The van der Waals surface area contributed by atoms with Gasteiger partial charge in [0.1, 0.15) is 0 Å². The van der Waals surface area contributed by atoms with E-state index in [1.807, 2.05) is 32.9 Å². The Morgan fingerprint density at radius 1 is 0.587 bits per heavy atom. The Hall–Kier alpha value is -2.69. The van der Waals surface area contributed by atoms with E-state index in [0.717, 1.165) is 80.9 Å². The minimum atomic E-state index is -3.53. The van der Waals surface area contributed by atoms with Crippen LogP contribution >= 0.6 is 0 Å². The predicted molar refractivity (Wildman–Crippen MR) is 202 cm³/mol. The van der Waals surface area contributed by atoms with Crippen molar-refractivity contribution in [3.63, 3.8) is 0 Å². The predicted octanol–water partition coefficient (Wildman–Crippen LogP) is 12.1. The van der Waals surface area contributed by atoms with Crippen molar-refractivity contribution < 1.29 is 13.5 Å². The third-order valence-electron chi connectivity index (χ3n) is 8.54. The van der Waals surface area contributed by atoms with Crippen LogP contribution in [0.15, 0.2) is 111 Å². The molecule has 1 atom stereocenters. The van der Waals surface area contributed by atoms with E-state index in [0.29, 0.717) is 11.3 Å². The highest BCUT2D eigenvalue weighted by Crippen LogP contribution is 2.27. The number of hydrogen-bond acceptors (Lipinski definition) is 3. The van der Waals surface area contributed by atoms with Crippen molar-refractivity contribution in [2.24, 2.45) is 0 Å². The normalized spacial score (nSPS) is 14.9. The van der Waals surface area contributed by atoms with Gasteiger partial charge in [0.2, 0.25) is 0 Å². The monoisotopic (exact) mass is 648 g/mol. The van der Waals surface area contributed by atoms with Crippen LogP contribution in [-0.4, -0.2) is 25.4 Å². The van der Waals surface area contributed by atoms with Crippen LogP contribution in [0, 0.1) is 6.92 Å². The minimum absolute atomic E-state index is 0.0317. The van der Waals surface area contributed by atoms with Gasteiger partial charge in [0.15, 0.2) is 9.84 Å². The smallest absolute Gasteiger partial charge is 0.185 e. The number of aliphatic hydroxyl groups excluding tert-OH is 1. The van der Waals surface area contributed by atoms with Gasteiger partial charge in [-0.1, -0.05) is 99.2 Å². The fourth-order valence-corrected chi connectivity index (χ4v) is 7.09. The highest BCUT2D eigenvalue weighted by Gasteiger charge is 2.28. The molecule has 0 saturated heterocycles. The van der Waals surface area contributed by atoms with Gasteiger partial charge in [0, 0.05) is 0 Å². The fraction of sp³-hybridized carbons (Fsp3) is 0.524. The van der Waals surface area contributed by atoms with Gasteiger partial charge in [-0.3, -0.25) is 0 Å². The molecule has 0 radical (unpaired) electrons. The Morgan fingerprint density at radius 3 is 1.41 bits per heavy atom. The zero-order valence-corrected chi connectivity index (χ0v) is 31.4. The first-order valence-electron chi connectivity index (χ1n) is 17.3. The van der Waals surface area contributed by atoms with Gasteiger partial charge in [-0.05, 0) is 145 Å². The molecule has 0 heterocycles. The fourth-order valence-electron chi connectivity index (χ4n) is 5.31. The molecule has 0 fully saturated rings. The largest absolute Gasteiger partial charge is 0.392 e. The van der Waals surface area contributed by atoms with Gasteiger partial charge >= 0.3 is 0 Å². The molecule has 1 unspecified atom stereocenters. The van der Waals surface area contributed by atoms with Crippen molar-refractivity contribution in [3.8, 4) is 0 Å². The van der Waals surface area contributed by atoms with Crippen LogP contribution in [0.2, 0.25) is 0 Å². The van der Waals surface area contributed by atoms with Crippen LogP contribution in [0.25, 0.3) is 0 Å². The van der Waals surface area contributed by atoms with Gasteiger partial charge < -0.3 is 5.11 Å². The number of rotatable bonds is 21. The van der Waals surface area contributed by atoms with E-state index < -0.39 is 15.1 Å². The lowest BCUT2D eigenvalue weighted by atomic mass is 10.0. The first-order chi connectivity index (χ1) is 21.8. The molecule has 3 nitrogen and oxygen atoms in total. The molecule has 0 aliphatic carbocycles. The van der Waals surface area contributed by atoms with E-state index in [1.54, 1.807) is 18.2 Å². The summed E-state index contributed by atoms with van der Waals surface area (Å²) in [4.78, 5) is 0.378. The van der Waals surface area contributed by atoms with E-state index >= 15 is 0 Å². The molecule has 1 rings (SSSR count). The first-order valence-corrected chi connectivity index (χ1v) is 18.8. The summed E-state index contributed by atoms with van der Waals surface area (Å²) in [6.07, 6.45) is 26.0. The number of sulfone groups is 1. The highest BCUT2D eigenvalue weighted by atomic mass is 32.2. The Morgan fingerprint density at radius 2 is 0.978 bits per heavy atom. The number of benzene rings is 1. The first kappa shape index (κ1) is 41.3. The SMILES string of the molecule is CC(C)=CCCC(C)=CCCC(C)=CCC/C(C)=C/CC/C(C)=C/CC(C(C)=CCC/C(C)=C/CO)S(=O)(=O)c1ccc(C)cc1. The summed E-state index contributed by atoms with van der Waals surface area (Å²) in [7, 11) is -3.53. The van der Waals surface area contributed by atoms with Crippen molar-refractivity contribution in [2.45, 2.75) is 143 Å². The highest BCUT2D eigenvalue weighted by molar-refractivity contribution is 7.92. The van der Waals surface area contributed by atoms with E-state index in [9.17, 15) is 8.42 Å². The van der Waals surface area contributed by atoms with Gasteiger partial charge in [-0.2, -0.15) is 0 Å². The molecule has 0 saturated carbocycles. The molecule has 0 bridgehead atoms. The number of aryl methyl sites for hydroxylation is 1. The summed E-state index contributed by atoms with van der Waals surface area (Å²) >= 11 is 0. The second-order valence-electron chi connectivity index (χ2n) is 13.4. The van der Waals surface area contributed by atoms with Gasteiger partial charge in [-0.25, -0.2) is 8.42 Å². The Balaban J connectivity index is 2.74. The second kappa shape index (κ2) is 22.8. The number of hydrogen-bond donors (Lipinski definition) is 1. The molecule has 0 aliphatic heterocycles. The number of aliphatic hydroxyl groups is 1. The van der Waals surface area contributed by atoms with Crippen LogP contribution in [0.5, 0.6) is 0 Å². The summed E-state index contributed by atoms with van der Waals surface area (Å²) in [5.41, 5.74) is 10.0. The van der Waals surface area contributed by atoms with Crippen molar-refractivity contribution in [1.82, 2.24) is 0 Å². The van der Waals surface area contributed by atoms with Gasteiger partial charge in [0.25, 0.3) is 0 Å². The van der Waals surface area contributed by atoms with Crippen LogP contribution in [0.4, 0.5) is 0 Å². The zero-order chi connectivity index (χ0) is 34.5. The van der Waals surface area contributed by atoms with Gasteiger partial charge in [0.05, 0.1) is 16.8 Å². The van der Waals surface area contributed by atoms with E-state index in [4.69, 9.17) is 5.11 Å². The van der Waals surface area contributed by atoms with Crippen molar-refractivity contribution >= 4 is 9.84 Å². The van der Waals surface area contributed by atoms with Crippen molar-refractivity contribution in [2.75, 3.05) is 6.61 Å². The molecule has 1 N–H and O–H groups in total. The molecule has 256 valence electrons. The molecular formula is C42H64O3S. The molecule has 1 aromatic rings. The average Bonchev–Trinajstić information content (AvgIpc) is 2.97. The van der Waals surface area contributed by atoms with Crippen LogP contribution in [-0.2, 0) is 9.84 Å². The Kier molecular flexibility index (Phi) is 20.5. The van der Waals surface area contributed by atoms with Gasteiger partial charge in [-0.15, -0.1) is 0 Å². The van der Waals surface area contributed by atoms with Crippen LogP contribution in [0.3, 0.4) is 0 Å². The lowest BCUT2D eigenvalue weighted by molar-refractivity contribution is 0.341. The number of allylic oxidation sites excluding steroid dienone is 12. The quantitative estimate of drug-likeness (QED) is 0.135.